The van der Waals surface area contributed by atoms with Crippen LogP contribution in [-0.2, 0) is 9.53 Å². The third-order valence-electron chi connectivity index (χ3n) is 3.47. The molecule has 1 aromatic heterocycles. The van der Waals surface area contributed by atoms with Crippen molar-refractivity contribution >= 4 is 23.5 Å². The number of benzene rings is 1. The summed E-state index contributed by atoms with van der Waals surface area (Å²) in [5.74, 6) is 0.00319. The molecule has 1 amide bonds. The average molecular weight is 383 g/mol. The second kappa shape index (κ2) is 9.43. The molecule has 0 atom stereocenters. The Morgan fingerprint density at radius 2 is 1.85 bits per heavy atom. The van der Waals surface area contributed by atoms with E-state index in [9.17, 15) is 15.3 Å². The maximum atomic E-state index is 11.1. The first kappa shape index (κ1) is 20.0. The molecule has 0 radical (unpaired) electrons. The Labute approximate surface area is 160 Å². The molecule has 4 N–H and O–H groups in total. The van der Waals surface area contributed by atoms with Crippen LogP contribution in [0.15, 0.2) is 29.3 Å². The largest absolute Gasteiger partial charge is 0.491 e. The number of methoxy groups -OCH3 is 1. The SMILES string of the molecule is COCCOc1ccc(-c2c(C#N)c(N)nc(SCC(N)=O)c2C#N)cc1. The van der Waals surface area contributed by atoms with E-state index in [2.05, 4.69) is 11.1 Å². The number of nitriles is 2. The Bertz CT molecular complexity index is 917. The van der Waals surface area contributed by atoms with E-state index in [0.717, 1.165) is 11.8 Å². The van der Waals surface area contributed by atoms with Crippen molar-refractivity contribution in [3.05, 3.63) is 35.4 Å². The minimum absolute atomic E-state index is 0.0149. The number of hydrogen-bond donors (Lipinski definition) is 2. The highest BCUT2D eigenvalue weighted by Gasteiger charge is 2.20. The Morgan fingerprint density at radius 3 is 2.41 bits per heavy atom. The Morgan fingerprint density at radius 1 is 1.19 bits per heavy atom. The zero-order valence-corrected chi connectivity index (χ0v) is 15.4. The van der Waals surface area contributed by atoms with E-state index in [1.165, 1.54) is 0 Å². The molecular weight excluding hydrogens is 366 g/mol. The zero-order valence-electron chi connectivity index (χ0n) is 14.6. The lowest BCUT2D eigenvalue weighted by atomic mass is 9.97. The fraction of sp³-hybridized carbons (Fsp3) is 0.222. The van der Waals surface area contributed by atoms with E-state index in [1.54, 1.807) is 31.4 Å². The van der Waals surface area contributed by atoms with E-state index >= 15 is 0 Å². The summed E-state index contributed by atoms with van der Waals surface area (Å²) in [7, 11) is 1.58. The van der Waals surface area contributed by atoms with Crippen LogP contribution in [-0.4, -0.2) is 37.0 Å². The molecule has 0 bridgehead atoms. The molecule has 2 rings (SSSR count). The highest BCUT2D eigenvalue weighted by molar-refractivity contribution is 8.00. The predicted octanol–water partition coefficient (Wildman–Crippen LogP) is 1.68. The molecule has 0 spiro atoms. The number of ether oxygens (including phenoxy) is 2. The lowest BCUT2D eigenvalue weighted by molar-refractivity contribution is -0.115. The Kier molecular flexibility index (Phi) is 7.00. The van der Waals surface area contributed by atoms with Crippen molar-refractivity contribution in [2.24, 2.45) is 5.73 Å². The lowest BCUT2D eigenvalue weighted by Crippen LogP contribution is -2.14. The molecule has 9 heteroatoms. The van der Waals surface area contributed by atoms with Gasteiger partial charge in [-0.25, -0.2) is 4.98 Å². The van der Waals surface area contributed by atoms with Crippen LogP contribution < -0.4 is 16.2 Å². The minimum atomic E-state index is -0.548. The van der Waals surface area contributed by atoms with Crippen molar-refractivity contribution in [3.8, 4) is 29.0 Å². The van der Waals surface area contributed by atoms with Crippen LogP contribution in [0.25, 0.3) is 11.1 Å². The van der Waals surface area contributed by atoms with Gasteiger partial charge in [-0.1, -0.05) is 23.9 Å². The molecule has 1 aromatic carbocycles. The van der Waals surface area contributed by atoms with Crippen LogP contribution in [0.4, 0.5) is 5.82 Å². The van der Waals surface area contributed by atoms with Crippen molar-refractivity contribution in [2.45, 2.75) is 5.03 Å². The summed E-state index contributed by atoms with van der Waals surface area (Å²) in [4.78, 5) is 15.2. The fourth-order valence-corrected chi connectivity index (χ4v) is 3.03. The normalized spacial score (nSPS) is 10.0. The molecule has 2 aromatic rings. The molecule has 27 heavy (non-hydrogen) atoms. The lowest BCUT2D eigenvalue weighted by Gasteiger charge is -2.13. The maximum Gasteiger partial charge on any atom is 0.227 e. The maximum absolute atomic E-state index is 11.1. The second-order valence-electron chi connectivity index (χ2n) is 5.27. The van der Waals surface area contributed by atoms with Crippen LogP contribution in [0.3, 0.4) is 0 Å². The van der Waals surface area contributed by atoms with Gasteiger partial charge in [0.2, 0.25) is 5.91 Å². The van der Waals surface area contributed by atoms with Gasteiger partial charge in [-0.2, -0.15) is 10.5 Å². The molecule has 0 aliphatic rings. The van der Waals surface area contributed by atoms with Crippen molar-refractivity contribution in [1.29, 1.82) is 10.5 Å². The van der Waals surface area contributed by atoms with Crippen LogP contribution in [0.2, 0.25) is 0 Å². The van der Waals surface area contributed by atoms with Gasteiger partial charge in [0.15, 0.2) is 0 Å². The molecule has 0 aliphatic heterocycles. The summed E-state index contributed by atoms with van der Waals surface area (Å²) in [6, 6.07) is 10.9. The second-order valence-corrected chi connectivity index (χ2v) is 6.24. The highest BCUT2D eigenvalue weighted by Crippen LogP contribution is 2.36. The number of rotatable bonds is 8. The van der Waals surface area contributed by atoms with Crippen LogP contribution in [0.5, 0.6) is 5.75 Å². The van der Waals surface area contributed by atoms with Crippen LogP contribution in [0, 0.1) is 22.7 Å². The highest BCUT2D eigenvalue weighted by atomic mass is 32.2. The predicted molar refractivity (Wildman–Crippen MR) is 101 cm³/mol. The number of amides is 1. The van der Waals surface area contributed by atoms with Crippen molar-refractivity contribution < 1.29 is 14.3 Å². The van der Waals surface area contributed by atoms with Gasteiger partial charge in [0.1, 0.15) is 40.9 Å². The molecule has 8 nitrogen and oxygen atoms in total. The molecule has 0 unspecified atom stereocenters. The number of carbonyl (C=O) groups is 1. The third kappa shape index (κ3) is 4.88. The summed E-state index contributed by atoms with van der Waals surface area (Å²) in [5, 5.41) is 19.4. The van der Waals surface area contributed by atoms with Crippen LogP contribution in [0.1, 0.15) is 11.1 Å². The van der Waals surface area contributed by atoms with Crippen LogP contribution >= 0.6 is 11.8 Å². The van der Waals surface area contributed by atoms with Gasteiger partial charge in [0.05, 0.1) is 17.9 Å². The van der Waals surface area contributed by atoms with Crippen molar-refractivity contribution in [1.82, 2.24) is 4.98 Å². The summed E-state index contributed by atoms with van der Waals surface area (Å²) >= 11 is 1.00. The van der Waals surface area contributed by atoms with Gasteiger partial charge in [-0.05, 0) is 17.7 Å². The molecule has 0 saturated carbocycles. The van der Waals surface area contributed by atoms with E-state index in [1.807, 2.05) is 6.07 Å². The van der Waals surface area contributed by atoms with Crippen molar-refractivity contribution in [3.63, 3.8) is 0 Å². The van der Waals surface area contributed by atoms with E-state index < -0.39 is 5.91 Å². The number of carbonyl (C=O) groups excluding carboxylic acids is 1. The summed E-state index contributed by atoms with van der Waals surface area (Å²) < 4.78 is 10.4. The number of primary amides is 1. The van der Waals surface area contributed by atoms with Gasteiger partial charge in [-0.3, -0.25) is 4.79 Å². The van der Waals surface area contributed by atoms with Gasteiger partial charge < -0.3 is 20.9 Å². The van der Waals surface area contributed by atoms with Crippen molar-refractivity contribution in [2.75, 3.05) is 31.8 Å². The van der Waals surface area contributed by atoms with Gasteiger partial charge in [0, 0.05) is 12.7 Å². The number of nitrogen functional groups attached to an aromatic ring is 1. The average Bonchev–Trinajstić information content (AvgIpc) is 2.66. The molecule has 0 fully saturated rings. The number of pyridine rings is 1. The summed E-state index contributed by atoms with van der Waals surface area (Å²) in [5.41, 5.74) is 12.3. The van der Waals surface area contributed by atoms with Gasteiger partial charge in [0.25, 0.3) is 0 Å². The smallest absolute Gasteiger partial charge is 0.227 e. The quantitative estimate of drug-likeness (QED) is 0.516. The molecule has 0 saturated heterocycles. The third-order valence-corrected chi connectivity index (χ3v) is 4.46. The molecule has 0 aliphatic carbocycles. The van der Waals surface area contributed by atoms with E-state index in [-0.39, 0.29) is 27.7 Å². The minimum Gasteiger partial charge on any atom is -0.491 e. The van der Waals surface area contributed by atoms with Gasteiger partial charge >= 0.3 is 0 Å². The monoisotopic (exact) mass is 383 g/mol. The summed E-state index contributed by atoms with van der Waals surface area (Å²) in [6.07, 6.45) is 0. The first-order valence-electron chi connectivity index (χ1n) is 7.78. The van der Waals surface area contributed by atoms with E-state index in [4.69, 9.17) is 20.9 Å². The topological polar surface area (TPSA) is 148 Å². The van der Waals surface area contributed by atoms with E-state index in [0.29, 0.717) is 30.1 Å². The van der Waals surface area contributed by atoms with Gasteiger partial charge in [-0.15, -0.1) is 0 Å². The number of hydrogen-bond acceptors (Lipinski definition) is 8. The number of aromatic nitrogens is 1. The Balaban J connectivity index is 2.49. The molecular formula is C18H17N5O3S. The fourth-order valence-electron chi connectivity index (χ4n) is 2.29. The Hall–Kier alpha value is -3.27. The molecule has 138 valence electrons. The summed E-state index contributed by atoms with van der Waals surface area (Å²) in [6.45, 7) is 0.860. The number of thioether (sulfide) groups is 1. The first-order chi connectivity index (χ1) is 13.0. The number of nitrogens with two attached hydrogens (primary N) is 2. The zero-order chi connectivity index (χ0) is 19.8. The standard InChI is InChI=1S/C18H17N5O3S/c1-25-6-7-26-12-4-2-11(3-5-12)16-13(8-19)17(22)23-18(14(16)9-20)27-10-15(21)24/h2-5H,6-7,10H2,1H3,(H2,21,24)(H2,22,23). The number of nitrogens with zero attached hydrogens (tertiary/aromatic N) is 3. The number of anilines is 1. The molecule has 1 heterocycles. The first-order valence-corrected chi connectivity index (χ1v) is 8.77.